The van der Waals surface area contributed by atoms with Gasteiger partial charge in [0.1, 0.15) is 11.6 Å². The fourth-order valence-corrected chi connectivity index (χ4v) is 4.45. The van der Waals surface area contributed by atoms with Crippen LogP contribution in [0.5, 0.6) is 0 Å². The maximum absolute atomic E-state index is 13.0. The second kappa shape index (κ2) is 7.62. The van der Waals surface area contributed by atoms with Gasteiger partial charge in [0.2, 0.25) is 5.91 Å². The highest BCUT2D eigenvalue weighted by molar-refractivity contribution is 6.30. The molecule has 1 saturated carbocycles. The van der Waals surface area contributed by atoms with Gasteiger partial charge in [-0.3, -0.25) is 9.59 Å². The molecule has 26 heavy (non-hydrogen) atoms. The van der Waals surface area contributed by atoms with Crippen LogP contribution in [0.2, 0.25) is 5.02 Å². The summed E-state index contributed by atoms with van der Waals surface area (Å²) in [5.41, 5.74) is -1.80. The zero-order valence-corrected chi connectivity index (χ0v) is 15.2. The van der Waals surface area contributed by atoms with E-state index in [1.165, 1.54) is 6.42 Å². The molecule has 0 bridgehead atoms. The van der Waals surface area contributed by atoms with Crippen molar-refractivity contribution in [2.75, 3.05) is 6.54 Å². The Labute approximate surface area is 154 Å². The van der Waals surface area contributed by atoms with Gasteiger partial charge in [-0.2, -0.15) is 13.2 Å². The van der Waals surface area contributed by atoms with E-state index >= 15 is 0 Å². The van der Waals surface area contributed by atoms with E-state index < -0.39 is 28.9 Å². The third-order valence-corrected chi connectivity index (χ3v) is 5.76. The summed E-state index contributed by atoms with van der Waals surface area (Å²) in [5, 5.41) is -0.530. The number of carbonyl (C=O) groups excluding carboxylic acids is 1. The van der Waals surface area contributed by atoms with Crippen LogP contribution in [-0.2, 0) is 17.5 Å². The zero-order valence-electron chi connectivity index (χ0n) is 14.4. The number of nitrogens with zero attached hydrogens (tertiary/aromatic N) is 2. The van der Waals surface area contributed by atoms with Gasteiger partial charge in [0, 0.05) is 18.8 Å². The Kier molecular flexibility index (Phi) is 5.65. The first-order valence-corrected chi connectivity index (χ1v) is 9.42. The summed E-state index contributed by atoms with van der Waals surface area (Å²) in [6.45, 7) is 0.188. The van der Waals surface area contributed by atoms with Crippen LogP contribution in [0.25, 0.3) is 0 Å². The monoisotopic (exact) mass is 390 g/mol. The van der Waals surface area contributed by atoms with Gasteiger partial charge >= 0.3 is 6.18 Å². The molecule has 1 amide bonds. The largest absolute Gasteiger partial charge is 0.417 e. The summed E-state index contributed by atoms with van der Waals surface area (Å²) in [7, 11) is 0. The van der Waals surface area contributed by atoms with Gasteiger partial charge in [0.15, 0.2) is 0 Å². The first-order valence-electron chi connectivity index (χ1n) is 9.04. The fraction of sp³-hybridized carbons (Fsp3) is 0.667. The molecule has 1 aliphatic carbocycles. The summed E-state index contributed by atoms with van der Waals surface area (Å²) in [4.78, 5) is 26.6. The summed E-state index contributed by atoms with van der Waals surface area (Å²) in [5.74, 6) is 0.146. The van der Waals surface area contributed by atoms with Crippen LogP contribution in [0, 0.1) is 5.92 Å². The first-order chi connectivity index (χ1) is 12.3. The Morgan fingerprint density at radius 2 is 1.85 bits per heavy atom. The highest BCUT2D eigenvalue weighted by Gasteiger charge is 2.36. The third kappa shape index (κ3) is 4.08. The Morgan fingerprint density at radius 1 is 1.15 bits per heavy atom. The van der Waals surface area contributed by atoms with E-state index in [-0.39, 0.29) is 11.9 Å². The molecule has 0 N–H and O–H groups in total. The van der Waals surface area contributed by atoms with E-state index in [4.69, 9.17) is 11.6 Å². The highest BCUT2D eigenvalue weighted by Crippen LogP contribution is 2.34. The van der Waals surface area contributed by atoms with Crippen molar-refractivity contribution in [2.45, 2.75) is 63.7 Å². The molecule has 0 radical (unpaired) electrons. The van der Waals surface area contributed by atoms with Crippen LogP contribution in [0.15, 0.2) is 17.1 Å². The molecule has 0 aromatic carbocycles. The molecule has 144 valence electrons. The van der Waals surface area contributed by atoms with E-state index in [1.807, 2.05) is 0 Å². The number of halogens is 4. The van der Waals surface area contributed by atoms with Gasteiger partial charge < -0.3 is 9.47 Å². The summed E-state index contributed by atoms with van der Waals surface area (Å²) >= 11 is 5.66. The maximum atomic E-state index is 13.0. The first kappa shape index (κ1) is 19.3. The number of hydrogen-bond acceptors (Lipinski definition) is 2. The predicted octanol–water partition coefficient (Wildman–Crippen LogP) is 4.09. The number of carbonyl (C=O) groups is 1. The van der Waals surface area contributed by atoms with Crippen molar-refractivity contribution in [1.29, 1.82) is 0 Å². The normalized spacial score (nSPS) is 22.0. The van der Waals surface area contributed by atoms with Crippen LogP contribution >= 0.6 is 11.6 Å². The third-order valence-electron chi connectivity index (χ3n) is 5.49. The lowest BCUT2D eigenvalue weighted by Crippen LogP contribution is -2.43. The van der Waals surface area contributed by atoms with Crippen LogP contribution < -0.4 is 5.56 Å². The minimum absolute atomic E-state index is 0.139. The number of pyridine rings is 1. The minimum Gasteiger partial charge on any atom is -0.338 e. The Balaban J connectivity index is 1.79. The SMILES string of the molecule is O=C(Cn1cc(C(F)(F)F)cc(Cl)c1=O)N1CCCC1C1CCCCC1. The van der Waals surface area contributed by atoms with E-state index in [2.05, 4.69) is 0 Å². The van der Waals surface area contributed by atoms with Crippen molar-refractivity contribution in [3.63, 3.8) is 0 Å². The lowest BCUT2D eigenvalue weighted by molar-refractivity contribution is -0.139. The summed E-state index contributed by atoms with van der Waals surface area (Å²) in [6.07, 6.45) is 3.58. The van der Waals surface area contributed by atoms with Gasteiger partial charge in [-0.15, -0.1) is 0 Å². The number of alkyl halides is 3. The lowest BCUT2D eigenvalue weighted by atomic mass is 9.83. The number of hydrogen-bond donors (Lipinski definition) is 0. The molecule has 0 spiro atoms. The Bertz CT molecular complexity index is 726. The molecule has 2 fully saturated rings. The number of aromatic nitrogens is 1. The molecule has 3 rings (SSSR count). The molecular weight excluding hydrogens is 369 g/mol. The molecule has 1 saturated heterocycles. The minimum atomic E-state index is -4.62. The van der Waals surface area contributed by atoms with E-state index in [9.17, 15) is 22.8 Å². The lowest BCUT2D eigenvalue weighted by Gasteiger charge is -2.34. The Hall–Kier alpha value is -1.50. The zero-order chi connectivity index (χ0) is 18.9. The predicted molar refractivity (Wildman–Crippen MR) is 92.0 cm³/mol. The topological polar surface area (TPSA) is 42.3 Å². The van der Waals surface area contributed by atoms with Crippen molar-refractivity contribution in [1.82, 2.24) is 9.47 Å². The second-order valence-corrected chi connectivity index (χ2v) is 7.61. The molecule has 2 aliphatic rings. The summed E-state index contributed by atoms with van der Waals surface area (Å²) < 4.78 is 39.6. The van der Waals surface area contributed by atoms with Crippen LogP contribution in [0.3, 0.4) is 0 Å². The number of likely N-dealkylation sites (tertiary alicyclic amines) is 1. The molecule has 2 heterocycles. The van der Waals surface area contributed by atoms with Crippen molar-refractivity contribution >= 4 is 17.5 Å². The van der Waals surface area contributed by atoms with Crippen molar-refractivity contribution in [2.24, 2.45) is 5.92 Å². The Morgan fingerprint density at radius 3 is 2.50 bits per heavy atom. The van der Waals surface area contributed by atoms with E-state index in [0.29, 0.717) is 24.7 Å². The molecule has 1 atom stereocenters. The van der Waals surface area contributed by atoms with Crippen LogP contribution in [-0.4, -0.2) is 28.0 Å². The van der Waals surface area contributed by atoms with Gasteiger partial charge in [-0.1, -0.05) is 30.9 Å². The van der Waals surface area contributed by atoms with Gasteiger partial charge in [0.25, 0.3) is 5.56 Å². The maximum Gasteiger partial charge on any atom is 0.417 e. The van der Waals surface area contributed by atoms with E-state index in [1.54, 1.807) is 4.90 Å². The quantitative estimate of drug-likeness (QED) is 0.780. The van der Waals surface area contributed by atoms with Gasteiger partial charge in [-0.25, -0.2) is 0 Å². The average Bonchev–Trinajstić information content (AvgIpc) is 3.08. The average molecular weight is 391 g/mol. The van der Waals surface area contributed by atoms with Crippen molar-refractivity contribution < 1.29 is 18.0 Å². The van der Waals surface area contributed by atoms with Gasteiger partial charge in [0.05, 0.1) is 5.56 Å². The molecule has 4 nitrogen and oxygen atoms in total. The number of rotatable bonds is 3. The molecule has 1 aliphatic heterocycles. The molecule has 1 unspecified atom stereocenters. The highest BCUT2D eigenvalue weighted by atomic mass is 35.5. The number of amides is 1. The standard InChI is InChI=1S/C18H22ClF3N2O2/c19-14-9-13(18(20,21)22)10-23(17(14)26)11-16(25)24-8-4-7-15(24)12-5-2-1-3-6-12/h9-10,12,15H,1-8,11H2. The second-order valence-electron chi connectivity index (χ2n) is 7.20. The summed E-state index contributed by atoms with van der Waals surface area (Å²) in [6, 6.07) is 0.741. The van der Waals surface area contributed by atoms with E-state index in [0.717, 1.165) is 43.1 Å². The van der Waals surface area contributed by atoms with Crippen molar-refractivity contribution in [3.8, 4) is 0 Å². The molecular formula is C18H22ClF3N2O2. The van der Waals surface area contributed by atoms with Gasteiger partial charge in [-0.05, 0) is 37.7 Å². The smallest absolute Gasteiger partial charge is 0.338 e. The molecule has 8 heteroatoms. The fourth-order valence-electron chi connectivity index (χ4n) is 4.22. The molecule has 1 aromatic rings. The van der Waals surface area contributed by atoms with Crippen LogP contribution in [0.4, 0.5) is 13.2 Å². The molecule has 1 aromatic heterocycles. The van der Waals surface area contributed by atoms with Crippen molar-refractivity contribution in [3.05, 3.63) is 33.2 Å². The van der Waals surface area contributed by atoms with Crippen LogP contribution in [0.1, 0.15) is 50.5 Å².